The summed E-state index contributed by atoms with van der Waals surface area (Å²) in [7, 11) is 0. The number of hydrogen-bond acceptors (Lipinski definition) is 3. The topological polar surface area (TPSA) is 86.7 Å². The number of amides is 2. The molecule has 1 heterocycles. The number of aliphatic carboxylic acids is 1. The maximum Gasteiger partial charge on any atom is 0.326 e. The van der Waals surface area contributed by atoms with Crippen LogP contribution in [-0.4, -0.2) is 46.4 Å². The summed E-state index contributed by atoms with van der Waals surface area (Å²) in [5.74, 6) is -1.48. The van der Waals surface area contributed by atoms with Crippen LogP contribution in [0.15, 0.2) is 12.7 Å². The highest BCUT2D eigenvalue weighted by Gasteiger charge is 2.35. The third-order valence-electron chi connectivity index (χ3n) is 3.89. The molecule has 0 spiro atoms. The molecule has 0 radical (unpaired) electrons. The minimum Gasteiger partial charge on any atom is -0.480 e. The number of carboxylic acid groups (broad SMARTS) is 1. The minimum atomic E-state index is -1.09. The molecular formula is C16H26N2O4. The molecule has 1 unspecified atom stereocenters. The van der Waals surface area contributed by atoms with E-state index in [0.717, 1.165) is 25.7 Å². The highest BCUT2D eigenvalue weighted by Crippen LogP contribution is 2.19. The van der Waals surface area contributed by atoms with Crippen molar-refractivity contribution < 1.29 is 19.5 Å². The van der Waals surface area contributed by atoms with Crippen LogP contribution in [0.4, 0.5) is 0 Å². The van der Waals surface area contributed by atoms with E-state index in [4.69, 9.17) is 5.11 Å². The van der Waals surface area contributed by atoms with Crippen LogP contribution in [0.5, 0.6) is 0 Å². The van der Waals surface area contributed by atoms with Gasteiger partial charge in [0, 0.05) is 13.0 Å². The summed E-state index contributed by atoms with van der Waals surface area (Å²) in [6.07, 6.45) is 6.30. The van der Waals surface area contributed by atoms with Gasteiger partial charge in [-0.1, -0.05) is 25.8 Å². The lowest BCUT2D eigenvalue weighted by molar-refractivity contribution is -0.143. The molecule has 0 saturated carbocycles. The van der Waals surface area contributed by atoms with E-state index in [0.29, 0.717) is 19.4 Å². The van der Waals surface area contributed by atoms with Crippen molar-refractivity contribution in [3.8, 4) is 0 Å². The van der Waals surface area contributed by atoms with Crippen molar-refractivity contribution in [1.82, 2.24) is 10.2 Å². The predicted molar refractivity (Wildman–Crippen MR) is 83.3 cm³/mol. The molecule has 1 aliphatic rings. The summed E-state index contributed by atoms with van der Waals surface area (Å²) in [6.45, 7) is 6.14. The third-order valence-corrected chi connectivity index (χ3v) is 3.89. The largest absolute Gasteiger partial charge is 0.480 e. The van der Waals surface area contributed by atoms with Crippen molar-refractivity contribution in [2.24, 2.45) is 0 Å². The van der Waals surface area contributed by atoms with Crippen molar-refractivity contribution in [2.75, 3.05) is 6.54 Å². The van der Waals surface area contributed by atoms with Crippen LogP contribution in [0, 0.1) is 0 Å². The second kappa shape index (κ2) is 9.23. The fourth-order valence-corrected chi connectivity index (χ4v) is 2.66. The molecule has 2 amide bonds. The van der Waals surface area contributed by atoms with E-state index in [-0.39, 0.29) is 18.2 Å². The molecule has 0 aromatic carbocycles. The van der Waals surface area contributed by atoms with Crippen LogP contribution in [0.3, 0.4) is 0 Å². The lowest BCUT2D eigenvalue weighted by Gasteiger charge is -2.25. The Morgan fingerprint density at radius 1 is 1.41 bits per heavy atom. The lowest BCUT2D eigenvalue weighted by Crippen LogP contribution is -2.50. The normalized spacial score (nSPS) is 18.8. The average molecular weight is 310 g/mol. The molecule has 2 atom stereocenters. The van der Waals surface area contributed by atoms with E-state index in [1.54, 1.807) is 4.90 Å². The zero-order valence-corrected chi connectivity index (χ0v) is 13.2. The third kappa shape index (κ3) is 5.16. The molecule has 0 aromatic rings. The summed E-state index contributed by atoms with van der Waals surface area (Å²) >= 11 is 0. The zero-order valence-electron chi connectivity index (χ0n) is 13.2. The molecule has 1 rings (SSSR count). The van der Waals surface area contributed by atoms with Crippen LogP contribution in [0.1, 0.15) is 51.9 Å². The Bertz CT molecular complexity index is 422. The summed E-state index contributed by atoms with van der Waals surface area (Å²) in [4.78, 5) is 37.2. The van der Waals surface area contributed by atoms with Crippen LogP contribution in [-0.2, 0) is 14.4 Å². The van der Waals surface area contributed by atoms with E-state index < -0.39 is 18.1 Å². The summed E-state index contributed by atoms with van der Waals surface area (Å²) in [5, 5.41) is 11.6. The van der Waals surface area contributed by atoms with Crippen LogP contribution in [0.25, 0.3) is 0 Å². The second-order valence-corrected chi connectivity index (χ2v) is 5.63. The van der Waals surface area contributed by atoms with Crippen molar-refractivity contribution in [3.05, 3.63) is 12.7 Å². The molecule has 22 heavy (non-hydrogen) atoms. The Hall–Kier alpha value is -1.85. The smallest absolute Gasteiger partial charge is 0.326 e. The van der Waals surface area contributed by atoms with Crippen molar-refractivity contribution >= 4 is 17.8 Å². The number of unbranched alkanes of at least 4 members (excludes halogenated alkanes) is 2. The summed E-state index contributed by atoms with van der Waals surface area (Å²) in [6, 6.07) is -1.52. The first-order valence-electron chi connectivity index (χ1n) is 7.94. The van der Waals surface area contributed by atoms with Gasteiger partial charge >= 0.3 is 5.97 Å². The minimum absolute atomic E-state index is 0.0123. The SMILES string of the molecule is C=CCC(NC(=O)[C@@H]1CCCN1C(=O)CCCCC)C(=O)O. The molecule has 0 aliphatic carbocycles. The highest BCUT2D eigenvalue weighted by atomic mass is 16.4. The molecule has 124 valence electrons. The summed E-state index contributed by atoms with van der Waals surface area (Å²) < 4.78 is 0. The van der Waals surface area contributed by atoms with Crippen molar-refractivity contribution in [1.29, 1.82) is 0 Å². The van der Waals surface area contributed by atoms with Gasteiger partial charge in [0.05, 0.1) is 0 Å². The number of rotatable bonds is 9. The van der Waals surface area contributed by atoms with Gasteiger partial charge in [-0.25, -0.2) is 4.79 Å². The van der Waals surface area contributed by atoms with E-state index in [1.807, 2.05) is 0 Å². The second-order valence-electron chi connectivity index (χ2n) is 5.63. The summed E-state index contributed by atoms with van der Waals surface area (Å²) in [5.41, 5.74) is 0. The van der Waals surface area contributed by atoms with E-state index in [9.17, 15) is 14.4 Å². The maximum atomic E-state index is 12.3. The van der Waals surface area contributed by atoms with Gasteiger partial charge in [0.1, 0.15) is 12.1 Å². The van der Waals surface area contributed by atoms with E-state index in [2.05, 4.69) is 18.8 Å². The Labute approximate surface area is 131 Å². The fraction of sp³-hybridized carbons (Fsp3) is 0.688. The number of hydrogen-bond donors (Lipinski definition) is 2. The molecule has 1 saturated heterocycles. The number of nitrogens with zero attached hydrogens (tertiary/aromatic N) is 1. The van der Waals surface area contributed by atoms with Gasteiger partial charge in [-0.15, -0.1) is 6.58 Å². The quantitative estimate of drug-likeness (QED) is 0.501. The van der Waals surface area contributed by atoms with Gasteiger partial charge in [-0.3, -0.25) is 9.59 Å². The van der Waals surface area contributed by atoms with Crippen molar-refractivity contribution in [2.45, 2.75) is 64.0 Å². The van der Waals surface area contributed by atoms with Gasteiger partial charge in [0.2, 0.25) is 11.8 Å². The molecule has 6 nitrogen and oxygen atoms in total. The molecule has 0 aromatic heterocycles. The first-order chi connectivity index (χ1) is 10.5. The van der Waals surface area contributed by atoms with E-state index >= 15 is 0 Å². The number of nitrogens with one attached hydrogen (secondary N) is 1. The number of carboxylic acids is 1. The Balaban J connectivity index is 2.60. The average Bonchev–Trinajstić information content (AvgIpc) is 2.96. The molecule has 1 fully saturated rings. The standard InChI is InChI=1S/C16H26N2O4/c1-3-5-6-10-14(19)18-11-7-9-13(18)15(20)17-12(8-4-2)16(21)22/h4,12-13H,2-3,5-11H2,1H3,(H,17,20)(H,21,22)/t12?,13-/m0/s1. The first kappa shape index (κ1) is 18.2. The van der Waals surface area contributed by atoms with Crippen LogP contribution < -0.4 is 5.32 Å². The first-order valence-corrected chi connectivity index (χ1v) is 7.94. The van der Waals surface area contributed by atoms with Crippen LogP contribution in [0.2, 0.25) is 0 Å². The number of carbonyl (C=O) groups excluding carboxylic acids is 2. The van der Waals surface area contributed by atoms with E-state index in [1.165, 1.54) is 6.08 Å². The van der Waals surface area contributed by atoms with Gasteiger partial charge in [0.15, 0.2) is 0 Å². The molecule has 0 bridgehead atoms. The van der Waals surface area contributed by atoms with Gasteiger partial charge in [-0.2, -0.15) is 0 Å². The Kier molecular flexibility index (Phi) is 7.63. The monoisotopic (exact) mass is 310 g/mol. The number of carbonyl (C=O) groups is 3. The Morgan fingerprint density at radius 3 is 2.73 bits per heavy atom. The lowest BCUT2D eigenvalue weighted by atomic mass is 10.1. The Morgan fingerprint density at radius 2 is 2.14 bits per heavy atom. The zero-order chi connectivity index (χ0) is 16.5. The van der Waals surface area contributed by atoms with Gasteiger partial charge in [-0.05, 0) is 25.7 Å². The molecule has 1 aliphatic heterocycles. The van der Waals surface area contributed by atoms with Crippen molar-refractivity contribution in [3.63, 3.8) is 0 Å². The van der Waals surface area contributed by atoms with Crippen LogP contribution >= 0.6 is 0 Å². The van der Waals surface area contributed by atoms with Gasteiger partial charge < -0.3 is 15.3 Å². The highest BCUT2D eigenvalue weighted by molar-refractivity contribution is 5.90. The fourth-order valence-electron chi connectivity index (χ4n) is 2.66. The predicted octanol–water partition coefficient (Wildman–Crippen LogP) is 1.70. The molecule has 2 N–H and O–H groups in total. The molecule has 6 heteroatoms. The van der Waals surface area contributed by atoms with Gasteiger partial charge in [0.25, 0.3) is 0 Å². The number of likely N-dealkylation sites (tertiary alicyclic amines) is 1. The maximum absolute atomic E-state index is 12.3. The molecular weight excluding hydrogens is 284 g/mol.